The van der Waals surface area contributed by atoms with Gasteiger partial charge in [0.1, 0.15) is 0 Å². The van der Waals surface area contributed by atoms with Gasteiger partial charge in [-0.25, -0.2) is 0 Å². The van der Waals surface area contributed by atoms with E-state index in [9.17, 15) is 0 Å². The van der Waals surface area contributed by atoms with Gasteiger partial charge < -0.3 is 5.32 Å². The quantitative estimate of drug-likeness (QED) is 0.778. The van der Waals surface area contributed by atoms with E-state index in [1.807, 2.05) is 10.9 Å². The summed E-state index contributed by atoms with van der Waals surface area (Å²) in [4.78, 5) is 0. The molecule has 1 aromatic heterocycles. The highest BCUT2D eigenvalue weighted by atomic mass is 15.3. The van der Waals surface area contributed by atoms with Crippen molar-refractivity contribution in [1.82, 2.24) is 15.1 Å². The average molecular weight is 223 g/mol. The molecule has 0 spiro atoms. The van der Waals surface area contributed by atoms with Crippen LogP contribution >= 0.6 is 0 Å². The van der Waals surface area contributed by atoms with Gasteiger partial charge in [-0.3, -0.25) is 4.68 Å². The number of rotatable bonds is 5. The first kappa shape index (κ1) is 13.2. The number of nitrogens with one attached hydrogen (secondary N) is 1. The van der Waals surface area contributed by atoms with E-state index in [2.05, 4.69) is 51.2 Å². The summed E-state index contributed by atoms with van der Waals surface area (Å²) in [7, 11) is 0. The topological polar surface area (TPSA) is 29.9 Å². The summed E-state index contributed by atoms with van der Waals surface area (Å²) in [6.07, 6.45) is 5.31. The second kappa shape index (κ2) is 5.48. The van der Waals surface area contributed by atoms with Crippen LogP contribution in [0.2, 0.25) is 0 Å². The Morgan fingerprint density at radius 3 is 2.56 bits per heavy atom. The SMILES string of the molecule is CC(C)CCNCc1cnn(C(C)(C)C)c1. The van der Waals surface area contributed by atoms with Gasteiger partial charge in [-0.05, 0) is 39.7 Å². The van der Waals surface area contributed by atoms with E-state index in [0.717, 1.165) is 19.0 Å². The zero-order chi connectivity index (χ0) is 12.2. The third kappa shape index (κ3) is 4.35. The van der Waals surface area contributed by atoms with Gasteiger partial charge in [0, 0.05) is 18.3 Å². The second-order valence-corrected chi connectivity index (χ2v) is 5.82. The van der Waals surface area contributed by atoms with E-state index >= 15 is 0 Å². The molecule has 0 saturated carbocycles. The van der Waals surface area contributed by atoms with Gasteiger partial charge in [-0.2, -0.15) is 5.10 Å². The maximum Gasteiger partial charge on any atom is 0.0543 e. The van der Waals surface area contributed by atoms with Crippen molar-refractivity contribution < 1.29 is 0 Å². The van der Waals surface area contributed by atoms with Crippen LogP contribution in [-0.2, 0) is 12.1 Å². The molecule has 0 saturated heterocycles. The first-order chi connectivity index (χ1) is 7.39. The fourth-order valence-electron chi connectivity index (χ4n) is 1.44. The molecule has 1 N–H and O–H groups in total. The van der Waals surface area contributed by atoms with Crippen LogP contribution in [0.5, 0.6) is 0 Å². The molecule has 0 aliphatic rings. The van der Waals surface area contributed by atoms with Crippen molar-refractivity contribution in [3.05, 3.63) is 18.0 Å². The molecule has 0 fully saturated rings. The van der Waals surface area contributed by atoms with Gasteiger partial charge in [-0.1, -0.05) is 13.8 Å². The normalized spacial score (nSPS) is 12.4. The molecule has 92 valence electrons. The molecule has 3 nitrogen and oxygen atoms in total. The van der Waals surface area contributed by atoms with E-state index in [1.54, 1.807) is 0 Å². The van der Waals surface area contributed by atoms with Crippen LogP contribution in [0.3, 0.4) is 0 Å². The summed E-state index contributed by atoms with van der Waals surface area (Å²) in [6.45, 7) is 13.0. The standard InChI is InChI=1S/C13H25N3/c1-11(2)6-7-14-8-12-9-15-16(10-12)13(3,4)5/h9-11,14H,6-8H2,1-5H3. The van der Waals surface area contributed by atoms with Crippen LogP contribution in [-0.4, -0.2) is 16.3 Å². The third-order valence-electron chi connectivity index (χ3n) is 2.55. The Morgan fingerprint density at radius 1 is 1.38 bits per heavy atom. The van der Waals surface area contributed by atoms with Crippen molar-refractivity contribution in [1.29, 1.82) is 0 Å². The summed E-state index contributed by atoms with van der Waals surface area (Å²) in [5.41, 5.74) is 1.34. The molecule has 0 aliphatic heterocycles. The molecule has 1 heterocycles. The van der Waals surface area contributed by atoms with Gasteiger partial charge in [-0.15, -0.1) is 0 Å². The highest BCUT2D eigenvalue weighted by Crippen LogP contribution is 2.12. The Bertz CT molecular complexity index is 307. The molecule has 0 unspecified atom stereocenters. The third-order valence-corrected chi connectivity index (χ3v) is 2.55. The molecule has 3 heteroatoms. The Balaban J connectivity index is 2.36. The lowest BCUT2D eigenvalue weighted by Gasteiger charge is -2.18. The smallest absolute Gasteiger partial charge is 0.0543 e. The first-order valence-corrected chi connectivity index (χ1v) is 6.14. The van der Waals surface area contributed by atoms with E-state index in [0.29, 0.717) is 0 Å². The summed E-state index contributed by atoms with van der Waals surface area (Å²) >= 11 is 0. The zero-order valence-electron chi connectivity index (χ0n) is 11.2. The maximum atomic E-state index is 4.38. The summed E-state index contributed by atoms with van der Waals surface area (Å²) < 4.78 is 2.02. The molecule has 1 rings (SSSR count). The minimum absolute atomic E-state index is 0.0795. The Morgan fingerprint density at radius 2 is 2.06 bits per heavy atom. The lowest BCUT2D eigenvalue weighted by atomic mass is 10.1. The Hall–Kier alpha value is -0.830. The molecule has 0 amide bonds. The molecular weight excluding hydrogens is 198 g/mol. The largest absolute Gasteiger partial charge is 0.313 e. The minimum atomic E-state index is 0.0795. The van der Waals surface area contributed by atoms with Gasteiger partial charge in [0.05, 0.1) is 11.7 Å². The number of hydrogen-bond acceptors (Lipinski definition) is 2. The molecule has 16 heavy (non-hydrogen) atoms. The van der Waals surface area contributed by atoms with Crippen LogP contribution in [0.25, 0.3) is 0 Å². The Labute approximate surface area is 99.2 Å². The van der Waals surface area contributed by atoms with Crippen LogP contribution in [0.15, 0.2) is 12.4 Å². The molecule has 0 bridgehead atoms. The fourth-order valence-corrected chi connectivity index (χ4v) is 1.44. The summed E-state index contributed by atoms with van der Waals surface area (Å²) in [5, 5.41) is 7.82. The highest BCUT2D eigenvalue weighted by Gasteiger charge is 2.13. The fraction of sp³-hybridized carbons (Fsp3) is 0.769. The first-order valence-electron chi connectivity index (χ1n) is 6.14. The maximum absolute atomic E-state index is 4.38. The van der Waals surface area contributed by atoms with Crippen molar-refractivity contribution in [3.8, 4) is 0 Å². The van der Waals surface area contributed by atoms with Crippen LogP contribution < -0.4 is 5.32 Å². The van der Waals surface area contributed by atoms with Crippen molar-refractivity contribution >= 4 is 0 Å². The number of hydrogen-bond donors (Lipinski definition) is 1. The molecule has 0 radical (unpaired) electrons. The van der Waals surface area contributed by atoms with Crippen molar-refractivity contribution in [2.45, 2.75) is 53.1 Å². The monoisotopic (exact) mass is 223 g/mol. The predicted molar refractivity (Wildman–Crippen MR) is 68.4 cm³/mol. The second-order valence-electron chi connectivity index (χ2n) is 5.82. The average Bonchev–Trinajstić information content (AvgIpc) is 2.59. The van der Waals surface area contributed by atoms with Crippen molar-refractivity contribution in [2.24, 2.45) is 5.92 Å². The molecule has 0 atom stereocenters. The van der Waals surface area contributed by atoms with Crippen LogP contribution in [0.1, 0.15) is 46.6 Å². The highest BCUT2D eigenvalue weighted by molar-refractivity contribution is 5.04. The minimum Gasteiger partial charge on any atom is -0.313 e. The van der Waals surface area contributed by atoms with E-state index in [-0.39, 0.29) is 5.54 Å². The molecule has 1 aromatic rings. The van der Waals surface area contributed by atoms with Crippen molar-refractivity contribution in [2.75, 3.05) is 6.54 Å². The van der Waals surface area contributed by atoms with E-state index in [1.165, 1.54) is 12.0 Å². The molecule has 0 aromatic carbocycles. The Kier molecular flexibility index (Phi) is 4.54. The van der Waals surface area contributed by atoms with Gasteiger partial charge in [0.2, 0.25) is 0 Å². The lowest BCUT2D eigenvalue weighted by Crippen LogP contribution is -2.22. The summed E-state index contributed by atoms with van der Waals surface area (Å²) in [6, 6.07) is 0. The van der Waals surface area contributed by atoms with Crippen molar-refractivity contribution in [3.63, 3.8) is 0 Å². The molecular formula is C13H25N3. The van der Waals surface area contributed by atoms with Gasteiger partial charge in [0.25, 0.3) is 0 Å². The number of nitrogens with zero attached hydrogens (tertiary/aromatic N) is 2. The lowest BCUT2D eigenvalue weighted by molar-refractivity contribution is 0.355. The summed E-state index contributed by atoms with van der Waals surface area (Å²) in [5.74, 6) is 0.768. The van der Waals surface area contributed by atoms with Gasteiger partial charge in [0.15, 0.2) is 0 Å². The number of aromatic nitrogens is 2. The molecule has 0 aliphatic carbocycles. The zero-order valence-corrected chi connectivity index (χ0v) is 11.2. The predicted octanol–water partition coefficient (Wildman–Crippen LogP) is 2.77. The van der Waals surface area contributed by atoms with Gasteiger partial charge >= 0.3 is 0 Å². The van der Waals surface area contributed by atoms with Crippen LogP contribution in [0, 0.1) is 5.92 Å². The van der Waals surface area contributed by atoms with Crippen LogP contribution in [0.4, 0.5) is 0 Å². The van der Waals surface area contributed by atoms with E-state index < -0.39 is 0 Å². The van der Waals surface area contributed by atoms with E-state index in [4.69, 9.17) is 0 Å².